The average molecular weight is 587 g/mol. The Morgan fingerprint density at radius 2 is 2.07 bits per heavy atom. The summed E-state index contributed by atoms with van der Waals surface area (Å²) < 4.78 is 20.8. The van der Waals surface area contributed by atoms with Gasteiger partial charge in [-0.2, -0.15) is 0 Å². The molecule has 5 heterocycles. The third-order valence-corrected chi connectivity index (χ3v) is 9.74. The molecule has 0 radical (unpaired) electrons. The number of rotatable bonds is 7. The molecular formula is C32H31ClN4O5. The number of hydrogen-bond acceptors (Lipinski definition) is 7. The van der Waals surface area contributed by atoms with Crippen LogP contribution in [0.5, 0.6) is 11.5 Å². The molecule has 2 aromatic heterocycles. The van der Waals surface area contributed by atoms with Gasteiger partial charge in [-0.05, 0) is 68.1 Å². The molecule has 0 amide bonds. The van der Waals surface area contributed by atoms with Crippen LogP contribution >= 0.6 is 11.6 Å². The molecule has 3 fully saturated rings. The smallest absolute Gasteiger partial charge is 0.335 e. The van der Waals surface area contributed by atoms with Crippen molar-refractivity contribution in [1.29, 1.82) is 0 Å². The van der Waals surface area contributed by atoms with E-state index in [1.54, 1.807) is 24.4 Å². The van der Waals surface area contributed by atoms with Crippen molar-refractivity contribution in [3.05, 3.63) is 82.4 Å². The van der Waals surface area contributed by atoms with Gasteiger partial charge in [-0.25, -0.2) is 9.78 Å². The number of aromatic carboxylic acids is 1. The predicted molar refractivity (Wildman–Crippen MR) is 155 cm³/mol. The van der Waals surface area contributed by atoms with Gasteiger partial charge in [0.25, 0.3) is 5.79 Å². The van der Waals surface area contributed by atoms with Crippen LogP contribution in [-0.4, -0.2) is 56.3 Å². The quantitative estimate of drug-likeness (QED) is 0.308. The van der Waals surface area contributed by atoms with Crippen molar-refractivity contribution in [3.63, 3.8) is 0 Å². The van der Waals surface area contributed by atoms with Crippen LogP contribution < -0.4 is 9.47 Å². The van der Waals surface area contributed by atoms with Crippen LogP contribution in [0.1, 0.15) is 53.6 Å². The lowest BCUT2D eigenvalue weighted by Gasteiger charge is -2.33. The number of fused-ring (bicyclic) bond motifs is 3. The number of halogens is 1. The zero-order valence-electron chi connectivity index (χ0n) is 23.3. The molecule has 42 heavy (non-hydrogen) atoms. The predicted octanol–water partition coefficient (Wildman–Crippen LogP) is 5.38. The molecule has 4 aliphatic rings. The summed E-state index contributed by atoms with van der Waals surface area (Å²) in [6, 6.07) is 15.0. The van der Waals surface area contributed by atoms with Crippen molar-refractivity contribution in [3.8, 4) is 11.5 Å². The number of nitrogens with zero attached hydrogens (tertiary/aromatic N) is 4. The summed E-state index contributed by atoms with van der Waals surface area (Å²) in [6.45, 7) is 5.96. The summed E-state index contributed by atoms with van der Waals surface area (Å²) >= 11 is 6.06. The second kappa shape index (κ2) is 9.42. The van der Waals surface area contributed by atoms with Crippen LogP contribution in [0.25, 0.3) is 11.0 Å². The molecular weight excluding hydrogens is 556 g/mol. The third kappa shape index (κ3) is 4.17. The molecule has 2 unspecified atom stereocenters. The highest BCUT2D eigenvalue weighted by molar-refractivity contribution is 6.30. The minimum absolute atomic E-state index is 0.0696. The highest BCUT2D eigenvalue weighted by atomic mass is 35.5. The normalized spacial score (nSPS) is 28.0. The summed E-state index contributed by atoms with van der Waals surface area (Å²) in [6.07, 6.45) is 4.88. The number of ether oxygens (including phenoxy) is 3. The zero-order chi connectivity index (χ0) is 28.6. The van der Waals surface area contributed by atoms with E-state index in [1.165, 1.54) is 5.56 Å². The van der Waals surface area contributed by atoms with Gasteiger partial charge < -0.3 is 23.9 Å². The van der Waals surface area contributed by atoms with E-state index < -0.39 is 11.8 Å². The van der Waals surface area contributed by atoms with Gasteiger partial charge >= 0.3 is 5.97 Å². The Hall–Kier alpha value is -3.66. The molecule has 8 rings (SSSR count). The second-order valence-corrected chi connectivity index (χ2v) is 12.6. The zero-order valence-corrected chi connectivity index (χ0v) is 24.0. The van der Waals surface area contributed by atoms with Crippen LogP contribution in [0, 0.1) is 5.92 Å². The van der Waals surface area contributed by atoms with E-state index in [1.807, 2.05) is 25.1 Å². The summed E-state index contributed by atoms with van der Waals surface area (Å²) in [5.41, 5.74) is 3.92. The number of hydrogen-bond donors (Lipinski definition) is 1. The van der Waals surface area contributed by atoms with Crippen molar-refractivity contribution in [1.82, 2.24) is 19.4 Å². The highest BCUT2D eigenvalue weighted by Gasteiger charge is 2.60. The van der Waals surface area contributed by atoms with E-state index in [4.69, 9.17) is 30.8 Å². The van der Waals surface area contributed by atoms with E-state index in [0.29, 0.717) is 29.7 Å². The summed E-state index contributed by atoms with van der Waals surface area (Å²) in [5.74, 6) is 1.10. The maximum atomic E-state index is 11.7. The van der Waals surface area contributed by atoms with E-state index in [2.05, 4.69) is 26.6 Å². The molecule has 1 saturated carbocycles. The Morgan fingerprint density at radius 3 is 2.81 bits per heavy atom. The maximum absolute atomic E-state index is 11.7. The lowest BCUT2D eigenvalue weighted by atomic mass is 9.86. The van der Waals surface area contributed by atoms with Gasteiger partial charge in [0.15, 0.2) is 11.5 Å². The molecule has 3 aliphatic heterocycles. The molecule has 0 spiro atoms. The van der Waals surface area contributed by atoms with Crippen LogP contribution in [-0.2, 0) is 29.0 Å². The number of carboxylic acid groups (broad SMARTS) is 1. The van der Waals surface area contributed by atoms with Gasteiger partial charge in [-0.15, -0.1) is 0 Å². The lowest BCUT2D eigenvalue weighted by Crippen LogP contribution is -2.37. The first-order valence-corrected chi connectivity index (χ1v) is 14.9. The van der Waals surface area contributed by atoms with Gasteiger partial charge in [-0.1, -0.05) is 23.7 Å². The van der Waals surface area contributed by atoms with Crippen molar-refractivity contribution in [2.75, 3.05) is 19.7 Å². The Labute approximate surface area is 248 Å². The van der Waals surface area contributed by atoms with Gasteiger partial charge in [0.05, 0.1) is 40.8 Å². The van der Waals surface area contributed by atoms with Crippen molar-refractivity contribution in [2.45, 2.75) is 56.6 Å². The largest absolute Gasteiger partial charge is 0.478 e. The standard InChI is InChI=1S/C32H31ClN4O5/c1-31(27-8-6-21(33)15-34-27)41-26-4-2-3-23(29(26)42-31)32-10-11-36(16-20(32)14-32)18-28-35-24-7-5-19(30(38)39)13-25(24)37(28)17-22-9-12-40-22/h2-8,13,15,20,22H,9-12,14,16-18H2,1H3,(H,38,39)/t20?,22-,31-,32?/m0/s1. The lowest BCUT2D eigenvalue weighted by molar-refractivity contribution is -0.0723. The summed E-state index contributed by atoms with van der Waals surface area (Å²) in [5, 5.41) is 10.1. The minimum atomic E-state index is -1.01. The van der Waals surface area contributed by atoms with Gasteiger partial charge in [0.2, 0.25) is 0 Å². The number of aromatic nitrogens is 3. The van der Waals surface area contributed by atoms with E-state index in [-0.39, 0.29) is 17.1 Å². The fraction of sp³-hybridized carbons (Fsp3) is 0.406. The highest BCUT2D eigenvalue weighted by Crippen LogP contribution is 2.63. The van der Waals surface area contributed by atoms with Gasteiger partial charge in [0.1, 0.15) is 11.5 Å². The fourth-order valence-corrected chi connectivity index (χ4v) is 7.14. The topological polar surface area (TPSA) is 98.9 Å². The van der Waals surface area contributed by atoms with E-state index in [0.717, 1.165) is 67.3 Å². The molecule has 10 heteroatoms. The molecule has 1 N–H and O–H groups in total. The third-order valence-electron chi connectivity index (χ3n) is 9.51. The SMILES string of the molecule is C[C@]1(c2ccc(Cl)cn2)Oc2cccc(C34CCN(Cc5nc6ccc(C(=O)O)cc6n5C[C@@H]5CCO5)CC3C4)c2O1. The summed E-state index contributed by atoms with van der Waals surface area (Å²) in [7, 11) is 0. The van der Waals surface area contributed by atoms with Crippen LogP contribution in [0.15, 0.2) is 54.7 Å². The molecule has 4 aromatic rings. The number of piperidine rings is 1. The summed E-state index contributed by atoms with van der Waals surface area (Å²) in [4.78, 5) is 23.6. The van der Waals surface area contributed by atoms with Crippen LogP contribution in [0.2, 0.25) is 5.02 Å². The first-order valence-electron chi connectivity index (χ1n) is 14.5. The van der Waals surface area contributed by atoms with Crippen molar-refractivity contribution in [2.24, 2.45) is 5.92 Å². The van der Waals surface area contributed by atoms with Crippen molar-refractivity contribution < 1.29 is 24.1 Å². The minimum Gasteiger partial charge on any atom is -0.478 e. The maximum Gasteiger partial charge on any atom is 0.335 e. The Balaban J connectivity index is 1.03. The molecule has 1 aliphatic carbocycles. The Kier molecular flexibility index (Phi) is 5.83. The Morgan fingerprint density at radius 1 is 1.19 bits per heavy atom. The number of para-hydroxylation sites is 1. The Bertz CT molecular complexity index is 1720. The first-order chi connectivity index (χ1) is 20.3. The molecule has 9 nitrogen and oxygen atoms in total. The second-order valence-electron chi connectivity index (χ2n) is 12.1. The van der Waals surface area contributed by atoms with Gasteiger partial charge in [0, 0.05) is 37.3 Å². The van der Waals surface area contributed by atoms with Crippen LogP contribution in [0.3, 0.4) is 0 Å². The van der Waals surface area contributed by atoms with Crippen LogP contribution in [0.4, 0.5) is 0 Å². The molecule has 4 atom stereocenters. The number of pyridine rings is 1. The molecule has 2 saturated heterocycles. The van der Waals surface area contributed by atoms with E-state index in [9.17, 15) is 9.90 Å². The number of imidazole rings is 1. The molecule has 216 valence electrons. The fourth-order valence-electron chi connectivity index (χ4n) is 7.03. The molecule has 0 bridgehead atoms. The van der Waals surface area contributed by atoms with E-state index >= 15 is 0 Å². The average Bonchev–Trinajstić information content (AvgIpc) is 3.43. The monoisotopic (exact) mass is 586 g/mol. The number of benzene rings is 2. The van der Waals surface area contributed by atoms with Gasteiger partial charge in [-0.3, -0.25) is 9.88 Å². The number of carboxylic acids is 1. The van der Waals surface area contributed by atoms with Crippen molar-refractivity contribution >= 4 is 28.6 Å². The number of carbonyl (C=O) groups is 1. The molecule has 2 aromatic carbocycles. The number of likely N-dealkylation sites (tertiary alicyclic amines) is 1. The first kappa shape index (κ1) is 26.0.